The quantitative estimate of drug-likeness (QED) is 0.683. The van der Waals surface area contributed by atoms with E-state index in [4.69, 9.17) is 0 Å². The summed E-state index contributed by atoms with van der Waals surface area (Å²) in [4.78, 5) is 15.0. The highest BCUT2D eigenvalue weighted by atomic mass is 32.1. The van der Waals surface area contributed by atoms with Crippen LogP contribution in [0.25, 0.3) is 5.57 Å². The van der Waals surface area contributed by atoms with Crippen molar-refractivity contribution < 1.29 is 4.79 Å². The normalized spacial score (nSPS) is 14.9. The summed E-state index contributed by atoms with van der Waals surface area (Å²) in [5.41, 5.74) is 5.84. The largest absolute Gasteiger partial charge is 0.321 e. The lowest BCUT2D eigenvalue weighted by Crippen LogP contribution is -2.11. The van der Waals surface area contributed by atoms with Crippen molar-refractivity contribution in [2.45, 2.75) is 52.9 Å². The molecule has 1 aliphatic rings. The molecule has 0 unspecified atom stereocenters. The van der Waals surface area contributed by atoms with Crippen molar-refractivity contribution in [1.82, 2.24) is 0 Å². The van der Waals surface area contributed by atoms with Gasteiger partial charge in [0.15, 0.2) is 0 Å². The summed E-state index contributed by atoms with van der Waals surface area (Å²) in [6, 6.07) is 8.21. The first kappa shape index (κ1) is 17.0. The molecule has 1 amide bonds. The van der Waals surface area contributed by atoms with Crippen molar-refractivity contribution in [3.8, 4) is 0 Å². The van der Waals surface area contributed by atoms with Crippen LogP contribution in [0.3, 0.4) is 0 Å². The molecular weight excluding hydrogens is 314 g/mol. The number of nitrogens with one attached hydrogen (secondary N) is 1. The van der Waals surface area contributed by atoms with E-state index >= 15 is 0 Å². The van der Waals surface area contributed by atoms with Crippen LogP contribution < -0.4 is 5.32 Å². The van der Waals surface area contributed by atoms with Crippen molar-refractivity contribution in [2.75, 3.05) is 5.32 Å². The lowest BCUT2D eigenvalue weighted by molar-refractivity contribution is 0.103. The Bertz CT molecular complexity index is 762. The summed E-state index contributed by atoms with van der Waals surface area (Å²) < 4.78 is 0. The Kier molecular flexibility index (Phi) is 5.20. The van der Waals surface area contributed by atoms with Gasteiger partial charge in [-0.2, -0.15) is 0 Å². The van der Waals surface area contributed by atoms with Gasteiger partial charge in [-0.05, 0) is 80.9 Å². The first-order valence-electron chi connectivity index (χ1n) is 8.76. The zero-order valence-electron chi connectivity index (χ0n) is 14.7. The van der Waals surface area contributed by atoms with Crippen molar-refractivity contribution in [3.05, 3.63) is 56.8 Å². The number of anilines is 1. The zero-order valence-corrected chi connectivity index (χ0v) is 15.6. The maximum atomic E-state index is 12.7. The third-order valence-electron chi connectivity index (χ3n) is 4.91. The second kappa shape index (κ2) is 7.35. The van der Waals surface area contributed by atoms with Crippen LogP contribution in [-0.4, -0.2) is 5.91 Å². The van der Waals surface area contributed by atoms with Gasteiger partial charge in [0.2, 0.25) is 0 Å². The SMILES string of the molecule is C/C=C(\C)c1cccc(NC(=O)c2cc3c(s2)CCCCC3)c1C. The Morgan fingerprint density at radius 3 is 2.79 bits per heavy atom. The molecule has 0 saturated heterocycles. The summed E-state index contributed by atoms with van der Waals surface area (Å²) in [6.07, 6.45) is 8.15. The standard InChI is InChI=1S/C21H25NOS/c1-4-14(2)17-10-8-11-18(15(17)3)22-21(23)20-13-16-9-6-5-7-12-19(16)24-20/h4,8,10-11,13H,5-7,9,12H2,1-3H3,(H,22,23)/b14-4+. The molecule has 0 spiro atoms. The average Bonchev–Trinajstić information content (AvgIpc) is 2.87. The highest BCUT2D eigenvalue weighted by Crippen LogP contribution is 2.30. The van der Waals surface area contributed by atoms with E-state index in [0.717, 1.165) is 29.0 Å². The lowest BCUT2D eigenvalue weighted by atomic mass is 10.00. The molecule has 126 valence electrons. The minimum atomic E-state index is 0.0199. The topological polar surface area (TPSA) is 29.1 Å². The molecule has 24 heavy (non-hydrogen) atoms. The number of hydrogen-bond acceptors (Lipinski definition) is 2. The van der Waals surface area contributed by atoms with Crippen molar-refractivity contribution in [1.29, 1.82) is 0 Å². The predicted octanol–water partition coefficient (Wildman–Crippen LogP) is 6.00. The summed E-state index contributed by atoms with van der Waals surface area (Å²) >= 11 is 1.67. The Morgan fingerprint density at radius 2 is 2.00 bits per heavy atom. The van der Waals surface area contributed by atoms with E-state index in [1.165, 1.54) is 40.8 Å². The number of carbonyl (C=O) groups is 1. The van der Waals surface area contributed by atoms with Crippen LogP contribution in [0.2, 0.25) is 0 Å². The monoisotopic (exact) mass is 339 g/mol. The Hall–Kier alpha value is -1.87. The fourth-order valence-electron chi connectivity index (χ4n) is 3.32. The van der Waals surface area contributed by atoms with Gasteiger partial charge in [0.1, 0.15) is 0 Å². The Morgan fingerprint density at radius 1 is 1.21 bits per heavy atom. The molecular formula is C21H25NOS. The van der Waals surface area contributed by atoms with E-state index in [1.807, 2.05) is 19.1 Å². The molecule has 3 rings (SSSR count). The molecule has 2 aromatic rings. The van der Waals surface area contributed by atoms with Crippen molar-refractivity contribution in [2.24, 2.45) is 0 Å². The molecule has 1 N–H and O–H groups in total. The van der Waals surface area contributed by atoms with E-state index in [1.54, 1.807) is 11.3 Å². The molecule has 1 aromatic heterocycles. The first-order chi connectivity index (χ1) is 11.6. The van der Waals surface area contributed by atoms with Crippen LogP contribution in [0.5, 0.6) is 0 Å². The second-order valence-electron chi connectivity index (χ2n) is 6.52. The van der Waals surface area contributed by atoms with Gasteiger partial charge in [0, 0.05) is 10.6 Å². The second-order valence-corrected chi connectivity index (χ2v) is 7.66. The molecule has 2 nitrogen and oxygen atoms in total. The minimum Gasteiger partial charge on any atom is -0.321 e. The minimum absolute atomic E-state index is 0.0199. The van der Waals surface area contributed by atoms with Gasteiger partial charge < -0.3 is 5.32 Å². The van der Waals surface area contributed by atoms with Crippen LogP contribution in [0, 0.1) is 6.92 Å². The predicted molar refractivity (Wildman–Crippen MR) is 104 cm³/mol. The third kappa shape index (κ3) is 3.46. The molecule has 1 aliphatic carbocycles. The van der Waals surface area contributed by atoms with Crippen molar-refractivity contribution >= 4 is 28.5 Å². The molecule has 1 aromatic carbocycles. The number of aryl methyl sites for hydroxylation is 2. The summed E-state index contributed by atoms with van der Waals surface area (Å²) in [6.45, 7) is 6.21. The van der Waals surface area contributed by atoms with Crippen LogP contribution in [0.15, 0.2) is 30.3 Å². The molecule has 0 radical (unpaired) electrons. The molecule has 0 fully saturated rings. The van der Waals surface area contributed by atoms with E-state index in [2.05, 4.69) is 37.4 Å². The molecule has 0 atom stereocenters. The van der Waals surface area contributed by atoms with Crippen LogP contribution in [0.4, 0.5) is 5.69 Å². The number of benzene rings is 1. The molecule has 0 bridgehead atoms. The van der Waals surface area contributed by atoms with Gasteiger partial charge in [-0.3, -0.25) is 4.79 Å². The van der Waals surface area contributed by atoms with Crippen LogP contribution in [0.1, 0.15) is 64.3 Å². The lowest BCUT2D eigenvalue weighted by Gasteiger charge is -2.12. The molecule has 3 heteroatoms. The summed E-state index contributed by atoms with van der Waals surface area (Å²) in [5.74, 6) is 0.0199. The third-order valence-corrected chi connectivity index (χ3v) is 6.15. The summed E-state index contributed by atoms with van der Waals surface area (Å²) in [7, 11) is 0. The maximum absolute atomic E-state index is 12.7. The van der Waals surface area contributed by atoms with Crippen molar-refractivity contribution in [3.63, 3.8) is 0 Å². The van der Waals surface area contributed by atoms with Gasteiger partial charge in [-0.15, -0.1) is 11.3 Å². The average molecular weight is 340 g/mol. The Labute approximate surface area is 148 Å². The fraction of sp³-hybridized carbons (Fsp3) is 0.381. The van der Waals surface area contributed by atoms with E-state index in [9.17, 15) is 4.79 Å². The fourth-order valence-corrected chi connectivity index (χ4v) is 4.47. The van der Waals surface area contributed by atoms with E-state index in [0.29, 0.717) is 0 Å². The number of hydrogen-bond donors (Lipinski definition) is 1. The molecule has 1 heterocycles. The number of allylic oxidation sites excluding steroid dienone is 2. The number of thiophene rings is 1. The van der Waals surface area contributed by atoms with Crippen LogP contribution in [-0.2, 0) is 12.8 Å². The zero-order chi connectivity index (χ0) is 17.1. The summed E-state index contributed by atoms with van der Waals surface area (Å²) in [5, 5.41) is 3.11. The van der Waals surface area contributed by atoms with E-state index < -0.39 is 0 Å². The van der Waals surface area contributed by atoms with Gasteiger partial charge in [-0.1, -0.05) is 24.6 Å². The van der Waals surface area contributed by atoms with Gasteiger partial charge in [-0.25, -0.2) is 0 Å². The first-order valence-corrected chi connectivity index (χ1v) is 9.57. The Balaban J connectivity index is 1.83. The smallest absolute Gasteiger partial charge is 0.265 e. The number of fused-ring (bicyclic) bond motifs is 1. The van der Waals surface area contributed by atoms with Crippen LogP contribution >= 0.6 is 11.3 Å². The van der Waals surface area contributed by atoms with Gasteiger partial charge in [0.25, 0.3) is 5.91 Å². The highest BCUT2D eigenvalue weighted by Gasteiger charge is 2.17. The maximum Gasteiger partial charge on any atom is 0.265 e. The van der Waals surface area contributed by atoms with E-state index in [-0.39, 0.29) is 5.91 Å². The van der Waals surface area contributed by atoms with Gasteiger partial charge in [0.05, 0.1) is 4.88 Å². The highest BCUT2D eigenvalue weighted by molar-refractivity contribution is 7.14. The number of carbonyl (C=O) groups excluding carboxylic acids is 1. The van der Waals surface area contributed by atoms with Gasteiger partial charge >= 0.3 is 0 Å². The number of rotatable bonds is 3. The number of amides is 1. The molecule has 0 saturated carbocycles. The molecule has 0 aliphatic heterocycles.